The number of benzene rings is 1. The number of rotatable bonds is 14. The van der Waals surface area contributed by atoms with E-state index >= 15 is 0 Å². The molecule has 0 fully saturated rings. The number of carboxylic acid groups (broad SMARTS) is 2. The number of H-pyrrole nitrogens is 1. The third kappa shape index (κ3) is 9.42. The van der Waals surface area contributed by atoms with Crippen LogP contribution in [0.2, 0.25) is 0 Å². The number of aromatic amines is 1. The van der Waals surface area contributed by atoms with Crippen molar-refractivity contribution >= 4 is 29.7 Å². The number of nitrogens with one attached hydrogen (secondary N) is 4. The molecule has 0 radical (unpaired) electrons. The summed E-state index contributed by atoms with van der Waals surface area (Å²) in [6.45, 7) is -0.692. The molecule has 0 bridgehead atoms. The maximum atomic E-state index is 13.0. The molecule has 0 saturated heterocycles. The summed E-state index contributed by atoms with van der Waals surface area (Å²) >= 11 is 0. The van der Waals surface area contributed by atoms with Crippen LogP contribution in [0.5, 0.6) is 5.75 Å². The van der Waals surface area contributed by atoms with Crippen molar-refractivity contribution in [3.05, 3.63) is 48.0 Å². The second-order valence-corrected chi connectivity index (χ2v) is 7.92. The summed E-state index contributed by atoms with van der Waals surface area (Å²) in [7, 11) is 0. The number of amides is 3. The number of phenolic OH excluding ortho intramolecular Hbond substituents is 1. The molecule has 2 aromatic rings. The summed E-state index contributed by atoms with van der Waals surface area (Å²) in [4.78, 5) is 66.8. The minimum absolute atomic E-state index is 0.0161. The van der Waals surface area contributed by atoms with Gasteiger partial charge in [0.25, 0.3) is 0 Å². The van der Waals surface area contributed by atoms with Crippen molar-refractivity contribution in [3.8, 4) is 5.75 Å². The molecule has 3 atom stereocenters. The van der Waals surface area contributed by atoms with E-state index in [1.54, 1.807) is 0 Å². The van der Waals surface area contributed by atoms with E-state index in [0.29, 0.717) is 11.3 Å². The van der Waals surface area contributed by atoms with Gasteiger partial charge in [-0.05, 0) is 24.1 Å². The molecule has 194 valence electrons. The number of imidazole rings is 1. The molecule has 14 heteroatoms. The van der Waals surface area contributed by atoms with E-state index in [-0.39, 0.29) is 25.0 Å². The van der Waals surface area contributed by atoms with Crippen LogP contribution in [0, 0.1) is 0 Å². The number of hydrogen-bond donors (Lipinski definition) is 8. The molecule has 0 saturated carbocycles. The van der Waals surface area contributed by atoms with E-state index in [4.69, 9.17) is 15.9 Å². The molecule has 3 amide bonds. The standard InChI is InChI=1S/C22H28N6O8/c23-15(8-13-9-24-11-26-13)20(34)27-16(5-6-18(30)31)22(36)28-17(21(35)25-10-19(32)33)7-12-1-3-14(29)4-2-12/h1-4,9,11,15-17,29H,5-8,10,23H2,(H,24,26)(H,25,35)(H,27,34)(H,28,36)(H,30,31)(H,32,33). The Hall–Kier alpha value is -4.46. The Balaban J connectivity index is 2.15. The molecule has 0 aliphatic rings. The minimum atomic E-state index is -1.34. The highest BCUT2D eigenvalue weighted by Crippen LogP contribution is 2.12. The monoisotopic (exact) mass is 504 g/mol. The number of aromatic hydroxyl groups is 1. The van der Waals surface area contributed by atoms with E-state index in [1.165, 1.54) is 36.8 Å². The quantitative estimate of drug-likeness (QED) is 0.144. The van der Waals surface area contributed by atoms with Crippen molar-refractivity contribution in [3.63, 3.8) is 0 Å². The zero-order valence-electron chi connectivity index (χ0n) is 19.1. The van der Waals surface area contributed by atoms with Gasteiger partial charge in [-0.2, -0.15) is 0 Å². The smallest absolute Gasteiger partial charge is 0.322 e. The van der Waals surface area contributed by atoms with Crippen LogP contribution in [0.1, 0.15) is 24.1 Å². The fourth-order valence-electron chi connectivity index (χ4n) is 3.18. The first-order chi connectivity index (χ1) is 17.0. The Labute approximate surface area is 205 Å². The van der Waals surface area contributed by atoms with Crippen molar-refractivity contribution in [2.75, 3.05) is 6.54 Å². The van der Waals surface area contributed by atoms with E-state index < -0.39 is 60.8 Å². The van der Waals surface area contributed by atoms with Gasteiger partial charge in [-0.15, -0.1) is 0 Å². The first kappa shape index (κ1) is 27.8. The number of aliphatic carboxylic acids is 2. The minimum Gasteiger partial charge on any atom is -0.508 e. The number of carbonyl (C=O) groups excluding carboxylic acids is 3. The molecule has 0 spiro atoms. The SMILES string of the molecule is NC(Cc1cnc[nH]1)C(=O)NC(CCC(=O)O)C(=O)NC(Cc1ccc(O)cc1)C(=O)NCC(=O)O. The lowest BCUT2D eigenvalue weighted by Crippen LogP contribution is -2.56. The van der Waals surface area contributed by atoms with E-state index in [0.717, 1.165) is 0 Å². The molecular formula is C22H28N6O8. The summed E-state index contributed by atoms with van der Waals surface area (Å²) in [5.41, 5.74) is 7.01. The average Bonchev–Trinajstić information content (AvgIpc) is 3.33. The normalized spacial score (nSPS) is 13.1. The van der Waals surface area contributed by atoms with Crippen molar-refractivity contribution in [1.29, 1.82) is 0 Å². The Morgan fingerprint density at radius 1 is 0.917 bits per heavy atom. The van der Waals surface area contributed by atoms with Crippen LogP contribution in [0.25, 0.3) is 0 Å². The van der Waals surface area contributed by atoms with Crippen molar-refractivity contribution in [1.82, 2.24) is 25.9 Å². The lowest BCUT2D eigenvalue weighted by Gasteiger charge is -2.24. The summed E-state index contributed by atoms with van der Waals surface area (Å²) in [5.74, 6) is -4.90. The van der Waals surface area contributed by atoms with Gasteiger partial charge in [-0.1, -0.05) is 12.1 Å². The molecule has 3 unspecified atom stereocenters. The third-order valence-corrected chi connectivity index (χ3v) is 5.03. The molecule has 2 rings (SSSR count). The second-order valence-electron chi connectivity index (χ2n) is 7.92. The van der Waals surface area contributed by atoms with Gasteiger partial charge in [0.15, 0.2) is 0 Å². The Bertz CT molecular complexity index is 1060. The van der Waals surface area contributed by atoms with Crippen molar-refractivity contribution < 1.29 is 39.3 Å². The second kappa shape index (κ2) is 13.4. The van der Waals surface area contributed by atoms with Gasteiger partial charge in [0.05, 0.1) is 12.4 Å². The molecule has 36 heavy (non-hydrogen) atoms. The van der Waals surface area contributed by atoms with Gasteiger partial charge < -0.3 is 42.0 Å². The van der Waals surface area contributed by atoms with Gasteiger partial charge in [0.1, 0.15) is 24.4 Å². The molecule has 1 aromatic carbocycles. The zero-order valence-corrected chi connectivity index (χ0v) is 19.1. The van der Waals surface area contributed by atoms with Crippen LogP contribution >= 0.6 is 0 Å². The Morgan fingerprint density at radius 2 is 1.58 bits per heavy atom. The fourth-order valence-corrected chi connectivity index (χ4v) is 3.18. The molecule has 1 aromatic heterocycles. The first-order valence-corrected chi connectivity index (χ1v) is 10.9. The zero-order chi connectivity index (χ0) is 26.7. The third-order valence-electron chi connectivity index (χ3n) is 5.03. The van der Waals surface area contributed by atoms with Crippen LogP contribution in [0.4, 0.5) is 0 Å². The molecule has 1 heterocycles. The van der Waals surface area contributed by atoms with Gasteiger partial charge >= 0.3 is 11.9 Å². The maximum absolute atomic E-state index is 13.0. The van der Waals surface area contributed by atoms with Crippen LogP contribution in [-0.4, -0.2) is 79.6 Å². The van der Waals surface area contributed by atoms with Crippen LogP contribution in [-0.2, 0) is 36.8 Å². The number of hydrogen-bond acceptors (Lipinski definition) is 8. The average molecular weight is 505 g/mol. The summed E-state index contributed by atoms with van der Waals surface area (Å²) in [5, 5.41) is 34.4. The predicted octanol–water partition coefficient (Wildman–Crippen LogP) is -1.74. The van der Waals surface area contributed by atoms with Gasteiger partial charge in [-0.3, -0.25) is 24.0 Å². The first-order valence-electron chi connectivity index (χ1n) is 10.9. The highest BCUT2D eigenvalue weighted by Gasteiger charge is 2.29. The molecule has 0 aliphatic heterocycles. The van der Waals surface area contributed by atoms with Gasteiger partial charge in [0.2, 0.25) is 17.7 Å². The predicted molar refractivity (Wildman–Crippen MR) is 123 cm³/mol. The highest BCUT2D eigenvalue weighted by molar-refractivity contribution is 5.94. The molecule has 0 aliphatic carbocycles. The summed E-state index contributed by atoms with van der Waals surface area (Å²) in [6, 6.07) is 2.10. The van der Waals surface area contributed by atoms with Crippen LogP contribution < -0.4 is 21.7 Å². The number of carboxylic acids is 2. The lowest BCUT2D eigenvalue weighted by molar-refractivity contribution is -0.138. The maximum Gasteiger partial charge on any atom is 0.322 e. The van der Waals surface area contributed by atoms with Crippen molar-refractivity contribution in [2.45, 2.75) is 43.8 Å². The summed E-state index contributed by atoms with van der Waals surface area (Å²) < 4.78 is 0. The summed E-state index contributed by atoms with van der Waals surface area (Å²) in [6.07, 6.45) is 2.16. The van der Waals surface area contributed by atoms with E-state index in [9.17, 15) is 29.1 Å². The topological polar surface area (TPSA) is 237 Å². The number of aromatic nitrogens is 2. The number of carbonyl (C=O) groups is 5. The lowest BCUT2D eigenvalue weighted by atomic mass is 10.0. The number of phenols is 1. The van der Waals surface area contributed by atoms with E-state index in [2.05, 4.69) is 25.9 Å². The number of nitrogens with zero attached hydrogens (tertiary/aromatic N) is 1. The Kier molecular flexibility index (Phi) is 10.4. The Morgan fingerprint density at radius 3 is 2.17 bits per heavy atom. The molecule has 9 N–H and O–H groups in total. The van der Waals surface area contributed by atoms with Crippen LogP contribution in [0.3, 0.4) is 0 Å². The molecule has 14 nitrogen and oxygen atoms in total. The van der Waals surface area contributed by atoms with Gasteiger partial charge in [0, 0.05) is 31.2 Å². The molecular weight excluding hydrogens is 476 g/mol. The van der Waals surface area contributed by atoms with Crippen LogP contribution in [0.15, 0.2) is 36.8 Å². The number of nitrogens with two attached hydrogens (primary N) is 1. The van der Waals surface area contributed by atoms with Crippen molar-refractivity contribution in [2.24, 2.45) is 5.73 Å². The fraction of sp³-hybridized carbons (Fsp3) is 0.364. The van der Waals surface area contributed by atoms with E-state index in [1.807, 2.05) is 0 Å². The highest BCUT2D eigenvalue weighted by atomic mass is 16.4. The van der Waals surface area contributed by atoms with Gasteiger partial charge in [-0.25, -0.2) is 4.98 Å². The largest absolute Gasteiger partial charge is 0.508 e.